The molecule has 0 radical (unpaired) electrons. The largest absolute Gasteiger partial charge is 0.493 e. The molecule has 41 heavy (non-hydrogen) atoms. The molecule has 4 rings (SSSR count). The van der Waals surface area contributed by atoms with Crippen molar-refractivity contribution in [2.24, 2.45) is 5.10 Å². The lowest BCUT2D eigenvalue weighted by atomic mass is 10.0. The van der Waals surface area contributed by atoms with Crippen LogP contribution in [0.15, 0.2) is 96.1 Å². The van der Waals surface area contributed by atoms with Gasteiger partial charge in [-0.3, -0.25) is 9.59 Å². The third-order valence-electron chi connectivity index (χ3n) is 5.97. The van der Waals surface area contributed by atoms with Gasteiger partial charge in [-0.25, -0.2) is 5.43 Å². The number of ether oxygens (including phenoxy) is 2. The number of benzene rings is 4. The van der Waals surface area contributed by atoms with Crippen molar-refractivity contribution in [2.75, 3.05) is 7.11 Å². The lowest BCUT2D eigenvalue weighted by molar-refractivity contribution is -0.121. The maximum absolute atomic E-state index is 12.8. The van der Waals surface area contributed by atoms with E-state index >= 15 is 0 Å². The van der Waals surface area contributed by atoms with Crippen LogP contribution < -0.4 is 20.2 Å². The van der Waals surface area contributed by atoms with Crippen LogP contribution in [0.5, 0.6) is 11.5 Å². The molecule has 2 N–H and O–H groups in total. The van der Waals surface area contributed by atoms with Gasteiger partial charge in [0, 0.05) is 21.2 Å². The summed E-state index contributed by atoms with van der Waals surface area (Å²) in [5, 5.41) is 8.28. The minimum atomic E-state index is -0.556. The van der Waals surface area contributed by atoms with Crippen LogP contribution in [0, 0.1) is 0 Å². The summed E-state index contributed by atoms with van der Waals surface area (Å²) in [7, 11) is 1.49. The lowest BCUT2D eigenvalue weighted by Crippen LogP contribution is -2.32. The third-order valence-corrected chi connectivity index (χ3v) is 6.84. The molecule has 2 amide bonds. The van der Waals surface area contributed by atoms with E-state index < -0.39 is 6.04 Å². The van der Waals surface area contributed by atoms with E-state index in [1.807, 2.05) is 36.4 Å². The number of hydrogen-bond donors (Lipinski definition) is 2. The second-order valence-corrected chi connectivity index (χ2v) is 10.1. The van der Waals surface area contributed by atoms with Gasteiger partial charge in [0.25, 0.3) is 5.91 Å². The Balaban J connectivity index is 1.40. The number of nitrogens with zero attached hydrogens (tertiary/aromatic N) is 1. The van der Waals surface area contributed by atoms with Crippen LogP contribution in [-0.2, 0) is 11.4 Å². The third kappa shape index (κ3) is 8.47. The van der Waals surface area contributed by atoms with Gasteiger partial charge in [-0.15, -0.1) is 0 Å². The first-order chi connectivity index (χ1) is 19.8. The zero-order valence-electron chi connectivity index (χ0n) is 21.9. The summed E-state index contributed by atoms with van der Waals surface area (Å²) in [6, 6.07) is 26.0. The summed E-state index contributed by atoms with van der Waals surface area (Å²) in [6.07, 6.45) is 1.41. The molecule has 4 aromatic carbocycles. The Kier molecular flexibility index (Phi) is 10.6. The summed E-state index contributed by atoms with van der Waals surface area (Å²) in [5.74, 6) is 0.0452. The summed E-state index contributed by atoms with van der Waals surface area (Å²) in [5.41, 5.74) is 5.11. The van der Waals surface area contributed by atoms with E-state index in [9.17, 15) is 9.59 Å². The Hall–Kier alpha value is -4.04. The molecule has 0 spiro atoms. The molecule has 7 nitrogen and oxygen atoms in total. The molecule has 1 atom stereocenters. The highest BCUT2D eigenvalue weighted by Crippen LogP contribution is 2.37. The summed E-state index contributed by atoms with van der Waals surface area (Å²) in [6.45, 7) is 0.152. The Morgan fingerprint density at radius 2 is 1.61 bits per heavy atom. The predicted octanol–water partition coefficient (Wildman–Crippen LogP) is 7.25. The van der Waals surface area contributed by atoms with Crippen molar-refractivity contribution >= 4 is 52.8 Å². The number of rotatable bonds is 11. The predicted molar refractivity (Wildman–Crippen MR) is 162 cm³/mol. The van der Waals surface area contributed by atoms with Crippen molar-refractivity contribution < 1.29 is 19.1 Å². The molecule has 0 saturated heterocycles. The molecule has 10 heteroatoms. The maximum Gasteiger partial charge on any atom is 0.251 e. The van der Waals surface area contributed by atoms with Crippen LogP contribution in [0.1, 0.15) is 39.5 Å². The molecule has 0 bridgehead atoms. The number of methoxy groups -OCH3 is 1. The Morgan fingerprint density at radius 3 is 2.29 bits per heavy atom. The molecule has 0 fully saturated rings. The average molecular weight is 611 g/mol. The number of carbonyl (C=O) groups excluding carboxylic acids is 2. The Bertz CT molecular complexity index is 1530. The second kappa shape index (κ2) is 14.6. The Labute approximate surface area is 253 Å². The fourth-order valence-corrected chi connectivity index (χ4v) is 4.66. The zero-order valence-corrected chi connectivity index (χ0v) is 24.2. The molecule has 4 aromatic rings. The van der Waals surface area contributed by atoms with Crippen molar-refractivity contribution in [1.29, 1.82) is 0 Å². The maximum atomic E-state index is 12.8. The molecule has 0 saturated carbocycles. The van der Waals surface area contributed by atoms with Crippen LogP contribution in [0.25, 0.3) is 0 Å². The molecule has 0 aliphatic carbocycles. The summed E-state index contributed by atoms with van der Waals surface area (Å²) < 4.78 is 11.3. The van der Waals surface area contributed by atoms with Gasteiger partial charge in [0.2, 0.25) is 5.91 Å². The minimum absolute atomic E-state index is 0.0238. The van der Waals surface area contributed by atoms with Gasteiger partial charge >= 0.3 is 0 Å². The van der Waals surface area contributed by atoms with Gasteiger partial charge < -0.3 is 14.8 Å². The smallest absolute Gasteiger partial charge is 0.251 e. The fourth-order valence-electron chi connectivity index (χ4n) is 3.92. The van der Waals surface area contributed by atoms with Gasteiger partial charge in [-0.2, -0.15) is 5.10 Å². The number of nitrogens with one attached hydrogen (secondary N) is 2. The normalized spacial score (nSPS) is 11.6. The highest BCUT2D eigenvalue weighted by molar-refractivity contribution is 6.35. The number of amides is 2. The number of hydrazone groups is 1. The van der Waals surface area contributed by atoms with Gasteiger partial charge in [0.05, 0.1) is 30.8 Å². The SMILES string of the molecule is COc1cc(/C=N\NC(=O)C[C@@H](NC(=O)c2ccccc2)c2ccccc2)cc(Cl)c1OCc1ccc(Cl)cc1Cl. The molecular weight excluding hydrogens is 585 g/mol. The quantitative estimate of drug-likeness (QED) is 0.138. The van der Waals surface area contributed by atoms with E-state index in [2.05, 4.69) is 15.8 Å². The van der Waals surface area contributed by atoms with Crippen molar-refractivity contribution in [3.8, 4) is 11.5 Å². The van der Waals surface area contributed by atoms with Crippen molar-refractivity contribution in [3.63, 3.8) is 0 Å². The highest BCUT2D eigenvalue weighted by Gasteiger charge is 2.19. The van der Waals surface area contributed by atoms with E-state index in [0.717, 1.165) is 11.1 Å². The van der Waals surface area contributed by atoms with E-state index in [1.54, 1.807) is 54.6 Å². The topological polar surface area (TPSA) is 89.0 Å². The first-order valence-electron chi connectivity index (χ1n) is 12.5. The lowest BCUT2D eigenvalue weighted by Gasteiger charge is -2.18. The van der Waals surface area contributed by atoms with Gasteiger partial charge in [0.1, 0.15) is 6.61 Å². The van der Waals surface area contributed by atoms with Crippen LogP contribution in [0.2, 0.25) is 15.1 Å². The highest BCUT2D eigenvalue weighted by atomic mass is 35.5. The minimum Gasteiger partial charge on any atom is -0.493 e. The van der Waals surface area contributed by atoms with Crippen molar-refractivity contribution in [1.82, 2.24) is 10.7 Å². The molecule has 210 valence electrons. The van der Waals surface area contributed by atoms with Gasteiger partial charge in [-0.05, 0) is 47.5 Å². The molecule has 0 aromatic heterocycles. The monoisotopic (exact) mass is 609 g/mol. The van der Waals surface area contributed by atoms with E-state index in [0.29, 0.717) is 32.7 Å². The van der Waals surface area contributed by atoms with E-state index in [-0.39, 0.29) is 29.9 Å². The number of hydrogen-bond acceptors (Lipinski definition) is 5. The molecular formula is C31H26Cl3N3O4. The Morgan fingerprint density at radius 1 is 0.902 bits per heavy atom. The van der Waals surface area contributed by atoms with Crippen LogP contribution >= 0.6 is 34.8 Å². The van der Waals surface area contributed by atoms with E-state index in [1.165, 1.54) is 13.3 Å². The fraction of sp³-hybridized carbons (Fsp3) is 0.129. The average Bonchev–Trinajstić information content (AvgIpc) is 2.97. The summed E-state index contributed by atoms with van der Waals surface area (Å²) in [4.78, 5) is 25.5. The zero-order chi connectivity index (χ0) is 29.2. The first-order valence-corrected chi connectivity index (χ1v) is 13.6. The van der Waals surface area contributed by atoms with Gasteiger partial charge in [-0.1, -0.05) is 89.4 Å². The van der Waals surface area contributed by atoms with Crippen LogP contribution in [0.4, 0.5) is 0 Å². The second-order valence-electron chi connectivity index (χ2n) is 8.86. The van der Waals surface area contributed by atoms with E-state index in [4.69, 9.17) is 44.3 Å². The van der Waals surface area contributed by atoms with Crippen molar-refractivity contribution in [3.05, 3.63) is 128 Å². The molecule has 0 aliphatic heterocycles. The van der Waals surface area contributed by atoms with Crippen molar-refractivity contribution in [2.45, 2.75) is 19.1 Å². The molecule has 0 aliphatic rings. The molecule has 0 heterocycles. The van der Waals surface area contributed by atoms with Crippen LogP contribution in [-0.4, -0.2) is 25.1 Å². The number of halogens is 3. The standard InChI is InChI=1S/C31H26Cl3N3O4/c1-40-28-15-20(14-26(34)30(28)41-19-23-12-13-24(32)16-25(23)33)18-35-37-29(38)17-27(21-8-4-2-5-9-21)36-31(39)22-10-6-3-7-11-22/h2-16,18,27H,17,19H2,1H3,(H,36,39)(H,37,38)/b35-18-/t27-/m1/s1. The van der Waals surface area contributed by atoms with Crippen LogP contribution in [0.3, 0.4) is 0 Å². The number of carbonyl (C=O) groups is 2. The summed E-state index contributed by atoms with van der Waals surface area (Å²) >= 11 is 18.7. The van der Waals surface area contributed by atoms with Gasteiger partial charge in [0.15, 0.2) is 11.5 Å². The first kappa shape index (κ1) is 29.9. The molecule has 0 unspecified atom stereocenters.